The van der Waals surface area contributed by atoms with Crippen molar-refractivity contribution in [3.05, 3.63) is 0 Å². The van der Waals surface area contributed by atoms with E-state index in [9.17, 15) is 0 Å². The minimum absolute atomic E-state index is 0.969. The molecule has 0 nitrogen and oxygen atoms in total. The molecule has 0 aliphatic rings. The Hall–Kier alpha value is 0.597. The molecule has 11 heavy (non-hydrogen) atoms. The third-order valence-electron chi connectivity index (χ3n) is 2.33. The Labute approximate surface area is 81.3 Å². The molecule has 0 heterocycles. The van der Waals surface area contributed by atoms with Gasteiger partial charge in [0, 0.05) is 0 Å². The fraction of sp³-hybridized carbons (Fsp3) is 1.00. The first-order valence-corrected chi connectivity index (χ1v) is 5.31. The van der Waals surface area contributed by atoms with Crippen molar-refractivity contribution in [3.63, 3.8) is 0 Å². The summed E-state index contributed by atoms with van der Waals surface area (Å²) in [5.74, 6) is 0. The fourth-order valence-corrected chi connectivity index (χ4v) is 1.56. The Morgan fingerprint density at radius 1 is 0.909 bits per heavy atom. The second-order valence-electron chi connectivity index (χ2n) is 3.74. The van der Waals surface area contributed by atoms with Crippen LogP contribution in [0, 0.1) is 0 Å². The van der Waals surface area contributed by atoms with E-state index < -0.39 is 0 Å². The second kappa shape index (κ2) is 8.69. The molecule has 0 aliphatic heterocycles. The molecule has 0 aromatic heterocycles. The van der Waals surface area contributed by atoms with Gasteiger partial charge in [0.25, 0.3) is 0 Å². The normalized spacial score (nSPS) is 13.5. The molecule has 0 radical (unpaired) electrons. The standard InChI is InChI=1S/C10H21.Li/c1-3-5-7-9-10-8-6-4-2;/h7H,3-6,8-10H2,1-2H3;. The zero-order chi connectivity index (χ0) is 8.53. The van der Waals surface area contributed by atoms with E-state index in [4.69, 9.17) is 0 Å². The molecule has 0 aliphatic carbocycles. The van der Waals surface area contributed by atoms with Crippen LogP contribution in [0.15, 0.2) is 0 Å². The van der Waals surface area contributed by atoms with Crippen molar-refractivity contribution >= 4 is 17.7 Å². The summed E-state index contributed by atoms with van der Waals surface area (Å²) in [7, 11) is 0. The maximum atomic E-state index is 2.38. The van der Waals surface area contributed by atoms with Crippen molar-refractivity contribution < 1.29 is 0 Å². The molecule has 0 spiro atoms. The topological polar surface area (TPSA) is 0 Å². The van der Waals surface area contributed by atoms with E-state index >= 15 is 0 Å². The van der Waals surface area contributed by atoms with Gasteiger partial charge in [0.05, 0.1) is 0 Å². The van der Waals surface area contributed by atoms with E-state index in [-0.39, 0.29) is 0 Å². The molecule has 1 heteroatoms. The number of rotatable bonds is 7. The Morgan fingerprint density at radius 3 is 2.18 bits per heavy atom. The third kappa shape index (κ3) is 8.50. The van der Waals surface area contributed by atoms with Gasteiger partial charge in [-0.3, -0.25) is 0 Å². The first-order valence-electron chi connectivity index (χ1n) is 5.31. The summed E-state index contributed by atoms with van der Waals surface area (Å²) in [6.45, 7) is 4.55. The van der Waals surface area contributed by atoms with Gasteiger partial charge in [0.1, 0.15) is 0 Å². The van der Waals surface area contributed by atoms with Crippen molar-refractivity contribution in [3.8, 4) is 0 Å². The van der Waals surface area contributed by atoms with Gasteiger partial charge in [0.15, 0.2) is 0 Å². The van der Waals surface area contributed by atoms with E-state index in [2.05, 4.69) is 31.6 Å². The van der Waals surface area contributed by atoms with Crippen molar-refractivity contribution in [2.24, 2.45) is 0 Å². The van der Waals surface area contributed by atoms with Crippen LogP contribution in [0.25, 0.3) is 0 Å². The van der Waals surface area contributed by atoms with Crippen molar-refractivity contribution in [2.75, 3.05) is 0 Å². The molecule has 0 fully saturated rings. The van der Waals surface area contributed by atoms with E-state index in [1.54, 1.807) is 0 Å². The molecule has 0 saturated heterocycles. The van der Waals surface area contributed by atoms with Crippen LogP contribution in [0.3, 0.4) is 0 Å². The van der Waals surface area contributed by atoms with Crippen molar-refractivity contribution in [1.29, 1.82) is 0 Å². The Kier molecular flexibility index (Phi) is 9.16. The summed E-state index contributed by atoms with van der Waals surface area (Å²) in [4.78, 5) is 0. The summed E-state index contributed by atoms with van der Waals surface area (Å²) in [6, 6.07) is 0. The van der Waals surface area contributed by atoms with E-state index in [1.165, 1.54) is 44.9 Å². The van der Waals surface area contributed by atoms with Gasteiger partial charge in [-0.1, -0.05) is 0 Å². The van der Waals surface area contributed by atoms with Crippen LogP contribution in [0.1, 0.15) is 58.8 Å². The molecule has 0 saturated carbocycles. The summed E-state index contributed by atoms with van der Waals surface area (Å²) < 4.78 is 0.969. The van der Waals surface area contributed by atoms with Crippen LogP contribution in [-0.4, -0.2) is 17.7 Å². The average Bonchev–Trinajstić information content (AvgIpc) is 1.99. The molecule has 0 N–H and O–H groups in total. The van der Waals surface area contributed by atoms with Crippen LogP contribution in [0.5, 0.6) is 0 Å². The molecule has 0 bridgehead atoms. The molecule has 1 atom stereocenters. The molecule has 1 unspecified atom stereocenters. The number of unbranched alkanes of at least 4 members (excludes halogenated alkanes) is 3. The zero-order valence-corrected chi connectivity index (χ0v) is 8.53. The molecular weight excluding hydrogens is 127 g/mol. The molecule has 0 rings (SSSR count). The first-order chi connectivity index (χ1) is 5.31. The van der Waals surface area contributed by atoms with Crippen LogP contribution in [-0.2, 0) is 0 Å². The van der Waals surface area contributed by atoms with Crippen LogP contribution >= 0.6 is 0 Å². The van der Waals surface area contributed by atoms with Crippen LogP contribution < -0.4 is 0 Å². The van der Waals surface area contributed by atoms with Gasteiger partial charge in [-0.2, -0.15) is 0 Å². The van der Waals surface area contributed by atoms with E-state index in [0.717, 1.165) is 4.59 Å². The number of hydrogen-bond acceptors (Lipinski definition) is 0. The molecule has 0 aromatic rings. The van der Waals surface area contributed by atoms with Crippen LogP contribution in [0.2, 0.25) is 4.59 Å². The monoisotopic (exact) mass is 148 g/mol. The zero-order valence-electron chi connectivity index (χ0n) is 8.53. The van der Waals surface area contributed by atoms with Gasteiger partial charge in [-0.05, 0) is 0 Å². The summed E-state index contributed by atoms with van der Waals surface area (Å²) in [5.41, 5.74) is 0. The van der Waals surface area contributed by atoms with Gasteiger partial charge in [-0.15, -0.1) is 0 Å². The number of hydrogen-bond donors (Lipinski definition) is 0. The SMILES string of the molecule is [Li][CH](CCC)CCCCCC. The Bertz CT molecular complexity index is 71.3. The summed E-state index contributed by atoms with van der Waals surface area (Å²) >= 11 is 2.38. The van der Waals surface area contributed by atoms with E-state index in [1.807, 2.05) is 0 Å². The third-order valence-corrected chi connectivity index (χ3v) is 2.33. The van der Waals surface area contributed by atoms with Gasteiger partial charge in [0.2, 0.25) is 0 Å². The van der Waals surface area contributed by atoms with Crippen molar-refractivity contribution in [1.82, 2.24) is 0 Å². The summed E-state index contributed by atoms with van der Waals surface area (Å²) in [6.07, 6.45) is 9.93. The van der Waals surface area contributed by atoms with Gasteiger partial charge in [-0.25, -0.2) is 0 Å². The van der Waals surface area contributed by atoms with E-state index in [0.29, 0.717) is 0 Å². The Morgan fingerprint density at radius 2 is 1.64 bits per heavy atom. The molecule has 0 aromatic carbocycles. The predicted octanol–water partition coefficient (Wildman–Crippen LogP) is 3.71. The van der Waals surface area contributed by atoms with Gasteiger partial charge < -0.3 is 0 Å². The quantitative estimate of drug-likeness (QED) is 0.381. The fourth-order valence-electron chi connectivity index (χ4n) is 1.56. The predicted molar refractivity (Wildman–Crippen MR) is 53.2 cm³/mol. The van der Waals surface area contributed by atoms with Crippen molar-refractivity contribution in [2.45, 2.75) is 63.4 Å². The van der Waals surface area contributed by atoms with Crippen LogP contribution in [0.4, 0.5) is 0 Å². The maximum absolute atomic E-state index is 2.38. The summed E-state index contributed by atoms with van der Waals surface area (Å²) in [5, 5.41) is 0. The minimum atomic E-state index is 0.969. The Balaban J connectivity index is 2.97. The second-order valence-corrected chi connectivity index (χ2v) is 3.74. The first kappa shape index (κ1) is 11.6. The molecular formula is C10H21Li. The molecule has 62 valence electrons. The van der Waals surface area contributed by atoms with Gasteiger partial charge >= 0.3 is 81.1 Å². The average molecular weight is 148 g/mol. The molecule has 0 amide bonds.